The fraction of sp³-hybridized carbons (Fsp3) is 0.500. The Morgan fingerprint density at radius 3 is 2.67 bits per heavy atom. The lowest BCUT2D eigenvalue weighted by Gasteiger charge is -2.38. The van der Waals surface area contributed by atoms with Crippen molar-refractivity contribution in [2.45, 2.75) is 44.6 Å². The molecule has 0 amide bonds. The molecular formula is C16H19ClN2O2. The van der Waals surface area contributed by atoms with Crippen molar-refractivity contribution in [1.82, 2.24) is 0 Å². The Morgan fingerprint density at radius 1 is 1.52 bits per heavy atom. The number of carboxylic acid groups (broad SMARTS) is 1. The Hall–Kier alpha value is -1.73. The van der Waals surface area contributed by atoms with Crippen LogP contribution in [0, 0.1) is 17.2 Å². The molecule has 112 valence electrons. The van der Waals surface area contributed by atoms with Gasteiger partial charge in [-0.25, -0.2) is 4.79 Å². The van der Waals surface area contributed by atoms with E-state index in [0.717, 1.165) is 19.3 Å². The van der Waals surface area contributed by atoms with Crippen LogP contribution in [0.4, 0.5) is 5.69 Å². The van der Waals surface area contributed by atoms with Gasteiger partial charge in [0.05, 0.1) is 22.3 Å². The van der Waals surface area contributed by atoms with Gasteiger partial charge in [-0.3, -0.25) is 0 Å². The number of benzene rings is 1. The number of carboxylic acids is 1. The van der Waals surface area contributed by atoms with Crippen molar-refractivity contribution in [3.8, 4) is 6.07 Å². The van der Waals surface area contributed by atoms with Gasteiger partial charge < -0.3 is 10.4 Å². The van der Waals surface area contributed by atoms with Gasteiger partial charge >= 0.3 is 5.97 Å². The van der Waals surface area contributed by atoms with Crippen LogP contribution in [0.5, 0.6) is 0 Å². The average Bonchev–Trinajstić information content (AvgIpc) is 2.49. The molecule has 1 saturated carbocycles. The monoisotopic (exact) mass is 306 g/mol. The topological polar surface area (TPSA) is 73.1 Å². The van der Waals surface area contributed by atoms with Crippen LogP contribution in [-0.2, 0) is 4.79 Å². The molecule has 4 nitrogen and oxygen atoms in total. The number of nitrogens with zero attached hydrogens (tertiary/aromatic N) is 1. The minimum absolute atomic E-state index is 0.382. The standard InChI is InChI=1S/C16H19ClN2O2/c1-2-11-5-7-16(8-6-11,15(20)21)19-14-4-3-12(10-18)9-13(14)17/h3-4,9,11,19H,2,5-8H2,1H3,(H,20,21). The second kappa shape index (κ2) is 6.36. The third kappa shape index (κ3) is 3.30. The number of hydrogen-bond donors (Lipinski definition) is 2. The first-order chi connectivity index (χ1) is 10.0. The van der Waals surface area contributed by atoms with E-state index in [1.165, 1.54) is 0 Å². The highest BCUT2D eigenvalue weighted by Gasteiger charge is 2.41. The summed E-state index contributed by atoms with van der Waals surface area (Å²) in [6.07, 6.45) is 4.09. The highest BCUT2D eigenvalue weighted by atomic mass is 35.5. The van der Waals surface area contributed by atoms with Crippen molar-refractivity contribution in [3.05, 3.63) is 28.8 Å². The summed E-state index contributed by atoms with van der Waals surface area (Å²) in [7, 11) is 0. The van der Waals surface area contributed by atoms with Gasteiger partial charge in [0.1, 0.15) is 5.54 Å². The molecule has 5 heteroatoms. The normalized spacial score (nSPS) is 25.1. The minimum atomic E-state index is -0.955. The van der Waals surface area contributed by atoms with Gasteiger partial charge in [0.2, 0.25) is 0 Å². The fourth-order valence-corrected chi connectivity index (χ4v) is 3.14. The third-order valence-corrected chi connectivity index (χ3v) is 4.73. The Bertz CT molecular complexity index is 572. The fourth-order valence-electron chi connectivity index (χ4n) is 2.91. The third-order valence-electron chi connectivity index (χ3n) is 4.42. The van der Waals surface area contributed by atoms with Gasteiger partial charge in [-0.15, -0.1) is 0 Å². The summed E-state index contributed by atoms with van der Waals surface area (Å²) < 4.78 is 0. The highest BCUT2D eigenvalue weighted by Crippen LogP contribution is 2.38. The van der Waals surface area contributed by atoms with Gasteiger partial charge in [0.15, 0.2) is 0 Å². The molecule has 2 N–H and O–H groups in total. The second-order valence-electron chi connectivity index (χ2n) is 5.67. The van der Waals surface area contributed by atoms with Crippen molar-refractivity contribution in [1.29, 1.82) is 5.26 Å². The van der Waals surface area contributed by atoms with Crippen LogP contribution in [-0.4, -0.2) is 16.6 Å². The first-order valence-electron chi connectivity index (χ1n) is 7.22. The van der Waals surface area contributed by atoms with Crippen LogP contribution >= 0.6 is 11.6 Å². The number of anilines is 1. The van der Waals surface area contributed by atoms with E-state index in [1.54, 1.807) is 18.2 Å². The highest BCUT2D eigenvalue weighted by molar-refractivity contribution is 6.33. The van der Waals surface area contributed by atoms with E-state index in [2.05, 4.69) is 12.2 Å². The number of nitriles is 1. The van der Waals surface area contributed by atoms with Crippen LogP contribution < -0.4 is 5.32 Å². The molecular weight excluding hydrogens is 288 g/mol. The number of aliphatic carboxylic acids is 1. The van der Waals surface area contributed by atoms with E-state index in [4.69, 9.17) is 16.9 Å². The molecule has 0 aromatic heterocycles. The van der Waals surface area contributed by atoms with Gasteiger partial charge in [-0.05, 0) is 49.8 Å². The number of rotatable bonds is 4. The Morgan fingerprint density at radius 2 is 2.19 bits per heavy atom. The van der Waals surface area contributed by atoms with E-state index in [1.807, 2.05) is 6.07 Å². The molecule has 0 atom stereocenters. The molecule has 0 aliphatic heterocycles. The van der Waals surface area contributed by atoms with Crippen molar-refractivity contribution >= 4 is 23.3 Å². The van der Waals surface area contributed by atoms with E-state index in [-0.39, 0.29) is 0 Å². The van der Waals surface area contributed by atoms with E-state index >= 15 is 0 Å². The van der Waals surface area contributed by atoms with Crippen LogP contribution in [0.15, 0.2) is 18.2 Å². The molecule has 0 spiro atoms. The molecule has 1 aliphatic rings. The Kier molecular flexibility index (Phi) is 4.74. The van der Waals surface area contributed by atoms with Gasteiger partial charge in [0, 0.05) is 0 Å². The maximum Gasteiger partial charge on any atom is 0.329 e. The van der Waals surface area contributed by atoms with Gasteiger partial charge in [-0.2, -0.15) is 5.26 Å². The van der Waals surface area contributed by atoms with Crippen molar-refractivity contribution in [3.63, 3.8) is 0 Å². The summed E-state index contributed by atoms with van der Waals surface area (Å²) in [5.74, 6) is -0.229. The van der Waals surface area contributed by atoms with Gasteiger partial charge in [0.25, 0.3) is 0 Å². The van der Waals surface area contributed by atoms with Crippen molar-refractivity contribution in [2.24, 2.45) is 5.92 Å². The summed E-state index contributed by atoms with van der Waals surface area (Å²) in [6, 6.07) is 6.89. The lowest BCUT2D eigenvalue weighted by molar-refractivity contribution is -0.143. The van der Waals surface area contributed by atoms with Gasteiger partial charge in [-0.1, -0.05) is 24.9 Å². The van der Waals surface area contributed by atoms with Crippen molar-refractivity contribution in [2.75, 3.05) is 5.32 Å². The summed E-state index contributed by atoms with van der Waals surface area (Å²) in [4.78, 5) is 11.8. The molecule has 0 unspecified atom stereocenters. The summed E-state index contributed by atoms with van der Waals surface area (Å²) >= 11 is 6.14. The molecule has 21 heavy (non-hydrogen) atoms. The van der Waals surface area contributed by atoms with E-state index in [9.17, 15) is 9.90 Å². The smallest absolute Gasteiger partial charge is 0.329 e. The predicted octanol–water partition coefficient (Wildman–Crippen LogP) is 4.05. The minimum Gasteiger partial charge on any atom is -0.480 e. The summed E-state index contributed by atoms with van der Waals surface area (Å²) in [5, 5.41) is 22.0. The summed E-state index contributed by atoms with van der Waals surface area (Å²) in [6.45, 7) is 2.14. The van der Waals surface area contributed by atoms with Crippen molar-refractivity contribution < 1.29 is 9.90 Å². The Labute approximate surface area is 129 Å². The van der Waals surface area contributed by atoms with Crippen LogP contribution in [0.3, 0.4) is 0 Å². The number of hydrogen-bond acceptors (Lipinski definition) is 3. The lowest BCUT2D eigenvalue weighted by Crippen LogP contribution is -2.49. The molecule has 2 rings (SSSR count). The average molecular weight is 307 g/mol. The molecule has 1 aliphatic carbocycles. The van der Waals surface area contributed by atoms with E-state index in [0.29, 0.717) is 35.0 Å². The molecule has 0 heterocycles. The molecule has 1 fully saturated rings. The van der Waals surface area contributed by atoms with E-state index < -0.39 is 11.5 Å². The number of nitrogens with one attached hydrogen (secondary N) is 1. The van der Waals surface area contributed by atoms with Crippen LogP contribution in [0.2, 0.25) is 5.02 Å². The van der Waals surface area contributed by atoms with Crippen LogP contribution in [0.1, 0.15) is 44.6 Å². The predicted molar refractivity (Wildman–Crippen MR) is 82.4 cm³/mol. The quantitative estimate of drug-likeness (QED) is 0.880. The zero-order valence-electron chi connectivity index (χ0n) is 12.0. The lowest BCUT2D eigenvalue weighted by atomic mass is 9.75. The Balaban J connectivity index is 2.22. The zero-order chi connectivity index (χ0) is 15.5. The molecule has 1 aromatic carbocycles. The largest absolute Gasteiger partial charge is 0.480 e. The number of carbonyl (C=O) groups is 1. The molecule has 0 radical (unpaired) electrons. The molecule has 1 aromatic rings. The first-order valence-corrected chi connectivity index (χ1v) is 7.60. The summed E-state index contributed by atoms with van der Waals surface area (Å²) in [5.41, 5.74) is 0.0846. The maximum absolute atomic E-state index is 11.8. The zero-order valence-corrected chi connectivity index (χ0v) is 12.8. The maximum atomic E-state index is 11.8. The SMILES string of the molecule is CCC1CCC(Nc2ccc(C#N)cc2Cl)(C(=O)O)CC1. The van der Waals surface area contributed by atoms with Crippen LogP contribution in [0.25, 0.3) is 0 Å². The molecule has 0 saturated heterocycles. The first kappa shape index (κ1) is 15.7. The molecule has 0 bridgehead atoms. The second-order valence-corrected chi connectivity index (χ2v) is 6.08. The number of halogens is 1.